The number of methoxy groups -OCH3 is 1. The summed E-state index contributed by atoms with van der Waals surface area (Å²) in [5.41, 5.74) is 3.03. The molecule has 4 aliphatic rings. The number of likely N-dealkylation sites (N-methyl/N-ethyl adjacent to an activating group) is 1. The average molecular weight is 362 g/mol. The Bertz CT molecular complexity index is 688. The molecule has 5 rings (SSSR count). The monoisotopic (exact) mass is 361 g/mol. The standard InChI is InChI=1S/C18H20BrNO2/c1-20-8-7-18-11-4-5-12(19)17(18)22-16-14(21-2)6-3-10(15(16)18)9-13(11)20/h3-6,11-13,17H,7-9H2,1-2H3/t11-,12-,13+,17-,18+/m1/s1. The molecule has 1 aromatic rings. The summed E-state index contributed by atoms with van der Waals surface area (Å²) in [6.07, 6.45) is 7.20. The lowest BCUT2D eigenvalue weighted by Crippen LogP contribution is -2.64. The van der Waals surface area contributed by atoms with Gasteiger partial charge in [-0.2, -0.15) is 0 Å². The van der Waals surface area contributed by atoms with Gasteiger partial charge in [-0.25, -0.2) is 0 Å². The summed E-state index contributed by atoms with van der Waals surface area (Å²) in [5, 5.41) is 0. The van der Waals surface area contributed by atoms with Crippen molar-refractivity contribution in [2.75, 3.05) is 20.7 Å². The Balaban J connectivity index is 1.82. The Morgan fingerprint density at radius 3 is 3.05 bits per heavy atom. The van der Waals surface area contributed by atoms with E-state index in [1.165, 1.54) is 11.1 Å². The van der Waals surface area contributed by atoms with Crippen molar-refractivity contribution in [1.82, 2.24) is 4.90 Å². The molecule has 0 saturated carbocycles. The lowest BCUT2D eigenvalue weighted by atomic mass is 9.54. The third-order valence-electron chi connectivity index (χ3n) is 6.32. The van der Waals surface area contributed by atoms with Crippen molar-refractivity contribution in [2.45, 2.75) is 35.2 Å². The molecule has 1 spiro atoms. The van der Waals surface area contributed by atoms with Crippen LogP contribution >= 0.6 is 15.9 Å². The Labute approximate surface area is 139 Å². The van der Waals surface area contributed by atoms with Gasteiger partial charge in [-0.15, -0.1) is 0 Å². The van der Waals surface area contributed by atoms with E-state index in [2.05, 4.69) is 52.2 Å². The van der Waals surface area contributed by atoms with Crippen molar-refractivity contribution in [3.05, 3.63) is 35.4 Å². The van der Waals surface area contributed by atoms with Crippen LogP contribution in [0.2, 0.25) is 0 Å². The highest BCUT2D eigenvalue weighted by Gasteiger charge is 2.63. The SMILES string of the molecule is COc1ccc2c3c1O[C@@H]1[C@H](Br)C=C[C@@H]4[C@H](C2)N(C)CC[C@@]341. The molecule has 0 amide bonds. The highest BCUT2D eigenvalue weighted by Crippen LogP contribution is 2.63. The zero-order valence-electron chi connectivity index (χ0n) is 12.9. The van der Waals surface area contributed by atoms with E-state index < -0.39 is 0 Å². The summed E-state index contributed by atoms with van der Waals surface area (Å²) in [7, 11) is 4.01. The van der Waals surface area contributed by atoms with Gasteiger partial charge in [0.2, 0.25) is 0 Å². The summed E-state index contributed by atoms with van der Waals surface area (Å²) in [4.78, 5) is 2.81. The second-order valence-corrected chi connectivity index (χ2v) is 8.12. The molecular weight excluding hydrogens is 342 g/mol. The number of hydrogen-bond acceptors (Lipinski definition) is 3. The van der Waals surface area contributed by atoms with Crippen LogP contribution in [0, 0.1) is 5.92 Å². The summed E-state index contributed by atoms with van der Waals surface area (Å²) in [5.74, 6) is 2.44. The molecule has 1 saturated heterocycles. The molecule has 2 bridgehead atoms. The van der Waals surface area contributed by atoms with Gasteiger partial charge in [0, 0.05) is 22.9 Å². The molecular formula is C18H20BrNO2. The van der Waals surface area contributed by atoms with Gasteiger partial charge in [-0.05, 0) is 38.1 Å². The molecule has 0 radical (unpaired) electrons. The van der Waals surface area contributed by atoms with Crippen molar-refractivity contribution < 1.29 is 9.47 Å². The number of ether oxygens (including phenoxy) is 2. The zero-order chi connectivity index (χ0) is 15.1. The number of piperidine rings is 1. The molecule has 1 fully saturated rings. The van der Waals surface area contributed by atoms with Crippen molar-refractivity contribution in [3.8, 4) is 11.5 Å². The van der Waals surface area contributed by atoms with E-state index in [0.717, 1.165) is 30.9 Å². The van der Waals surface area contributed by atoms with Crippen LogP contribution in [0.4, 0.5) is 0 Å². The lowest BCUT2D eigenvalue weighted by Gasteiger charge is -2.56. The quantitative estimate of drug-likeness (QED) is 0.567. The fraction of sp³-hybridized carbons (Fsp3) is 0.556. The normalized spacial score (nSPS) is 41.0. The number of likely N-dealkylation sites (tertiary alicyclic amines) is 1. The Hall–Kier alpha value is -1.00. The fourth-order valence-corrected chi connectivity index (χ4v) is 6.11. The van der Waals surface area contributed by atoms with E-state index in [4.69, 9.17) is 9.47 Å². The zero-order valence-corrected chi connectivity index (χ0v) is 14.5. The molecule has 0 unspecified atom stereocenters. The molecule has 2 aliphatic heterocycles. The highest BCUT2D eigenvalue weighted by molar-refractivity contribution is 9.09. The van der Waals surface area contributed by atoms with Gasteiger partial charge in [0.15, 0.2) is 11.5 Å². The molecule has 2 aliphatic carbocycles. The van der Waals surface area contributed by atoms with Crippen LogP contribution in [0.25, 0.3) is 0 Å². The number of nitrogens with zero attached hydrogens (tertiary/aromatic N) is 1. The summed E-state index contributed by atoms with van der Waals surface area (Å²) >= 11 is 3.85. The molecule has 2 heterocycles. The van der Waals surface area contributed by atoms with Crippen molar-refractivity contribution in [1.29, 1.82) is 0 Å². The predicted molar refractivity (Wildman–Crippen MR) is 89.2 cm³/mol. The number of rotatable bonds is 1. The highest BCUT2D eigenvalue weighted by atomic mass is 79.9. The number of hydrogen-bond donors (Lipinski definition) is 0. The number of alkyl halides is 1. The van der Waals surface area contributed by atoms with Crippen LogP contribution in [0.3, 0.4) is 0 Å². The predicted octanol–water partition coefficient (Wildman–Crippen LogP) is 2.90. The Morgan fingerprint density at radius 1 is 1.36 bits per heavy atom. The molecule has 0 N–H and O–H groups in total. The average Bonchev–Trinajstić information content (AvgIpc) is 2.88. The van der Waals surface area contributed by atoms with Gasteiger partial charge in [0.1, 0.15) is 6.10 Å². The van der Waals surface area contributed by atoms with Crippen LogP contribution in [0.5, 0.6) is 11.5 Å². The van der Waals surface area contributed by atoms with Crippen LogP contribution < -0.4 is 9.47 Å². The van der Waals surface area contributed by atoms with E-state index in [1.54, 1.807) is 7.11 Å². The summed E-state index contributed by atoms with van der Waals surface area (Å²) in [6, 6.07) is 4.92. The van der Waals surface area contributed by atoms with Crippen LogP contribution in [0.15, 0.2) is 24.3 Å². The van der Waals surface area contributed by atoms with Gasteiger partial charge >= 0.3 is 0 Å². The van der Waals surface area contributed by atoms with Gasteiger partial charge < -0.3 is 14.4 Å². The van der Waals surface area contributed by atoms with Gasteiger partial charge in [-0.3, -0.25) is 0 Å². The van der Waals surface area contributed by atoms with E-state index in [9.17, 15) is 0 Å². The molecule has 116 valence electrons. The minimum absolute atomic E-state index is 0.123. The molecule has 22 heavy (non-hydrogen) atoms. The first-order valence-electron chi connectivity index (χ1n) is 8.06. The van der Waals surface area contributed by atoms with E-state index >= 15 is 0 Å². The fourth-order valence-electron chi connectivity index (χ4n) is 5.36. The van der Waals surface area contributed by atoms with Crippen LogP contribution in [-0.4, -0.2) is 42.6 Å². The van der Waals surface area contributed by atoms with Crippen molar-refractivity contribution in [3.63, 3.8) is 0 Å². The second-order valence-electron chi connectivity index (χ2n) is 7.07. The van der Waals surface area contributed by atoms with E-state index in [-0.39, 0.29) is 16.3 Å². The molecule has 4 heteroatoms. The topological polar surface area (TPSA) is 21.7 Å². The van der Waals surface area contributed by atoms with Crippen LogP contribution in [-0.2, 0) is 11.8 Å². The van der Waals surface area contributed by atoms with Gasteiger partial charge in [0.05, 0.1) is 11.9 Å². The van der Waals surface area contributed by atoms with Gasteiger partial charge in [0.25, 0.3) is 0 Å². The lowest BCUT2D eigenvalue weighted by molar-refractivity contribution is 0.00479. The van der Waals surface area contributed by atoms with E-state index in [1.807, 2.05) is 0 Å². The maximum Gasteiger partial charge on any atom is 0.165 e. The summed E-state index contributed by atoms with van der Waals surface area (Å²) in [6.45, 7) is 1.14. The smallest absolute Gasteiger partial charge is 0.165 e. The maximum absolute atomic E-state index is 6.51. The van der Waals surface area contributed by atoms with Crippen molar-refractivity contribution in [2.24, 2.45) is 5.92 Å². The number of halogens is 1. The second kappa shape index (κ2) is 4.30. The van der Waals surface area contributed by atoms with Crippen molar-refractivity contribution >= 4 is 15.9 Å². The minimum atomic E-state index is 0.123. The first-order chi connectivity index (χ1) is 10.7. The third-order valence-corrected chi connectivity index (χ3v) is 7.11. The van der Waals surface area contributed by atoms with Gasteiger partial charge in [-0.1, -0.05) is 34.1 Å². The summed E-state index contributed by atoms with van der Waals surface area (Å²) < 4.78 is 12.1. The maximum atomic E-state index is 6.51. The third kappa shape index (κ3) is 1.37. The van der Waals surface area contributed by atoms with Crippen LogP contribution in [0.1, 0.15) is 17.5 Å². The van der Waals surface area contributed by atoms with E-state index in [0.29, 0.717) is 12.0 Å². The number of benzene rings is 1. The Kier molecular flexibility index (Phi) is 2.62. The molecule has 5 atom stereocenters. The molecule has 0 aromatic heterocycles. The Morgan fingerprint density at radius 2 is 2.23 bits per heavy atom. The minimum Gasteiger partial charge on any atom is -0.493 e. The largest absolute Gasteiger partial charge is 0.493 e. The first-order valence-corrected chi connectivity index (χ1v) is 8.98. The molecule has 1 aromatic carbocycles. The molecule has 3 nitrogen and oxygen atoms in total. The first kappa shape index (κ1) is 13.4.